The standard InChI is InChI=1S/C74H80FN4O.Pt/c1-43(2)57-36-49(47-25-20-18-21-26-47)37-58(44(3)4)67(57)78-64-30-24-29-56(66(64)77-71(78)61-40-54(73(12,13)14)41-62(69(61)80)74(15,16)17)51-33-52(35-53(34-51)72(9,10)11)70-76-63-32-31-55(75)42-65(63)79(70)68-59(45(5)6)38-50(39-60(68)46(7)8)48-27-22-19-23-28-48;/h18-32,34-46,80H,1-17H3;/q-1;. The molecular formula is C74H80FN4OPt-. The number of phenols is 1. The van der Waals surface area contributed by atoms with Gasteiger partial charge in [-0.2, -0.15) is 0 Å². The molecule has 7 heteroatoms. The van der Waals surface area contributed by atoms with Crippen molar-refractivity contribution >= 4 is 22.1 Å². The molecule has 0 aliphatic carbocycles. The molecule has 0 spiro atoms. The van der Waals surface area contributed by atoms with E-state index in [1.807, 2.05) is 0 Å². The van der Waals surface area contributed by atoms with E-state index < -0.39 is 0 Å². The molecule has 0 unspecified atom stereocenters. The van der Waals surface area contributed by atoms with Crippen molar-refractivity contribution in [2.75, 3.05) is 0 Å². The summed E-state index contributed by atoms with van der Waals surface area (Å²) >= 11 is 0. The Labute approximate surface area is 496 Å². The second kappa shape index (κ2) is 22.1. The zero-order chi connectivity index (χ0) is 57.5. The van der Waals surface area contributed by atoms with E-state index in [0.29, 0.717) is 28.2 Å². The molecular weight excluding hydrogens is 1170 g/mol. The van der Waals surface area contributed by atoms with Gasteiger partial charge in [-0.05, 0) is 145 Å². The number of halogens is 1. The Balaban J connectivity index is 0.00000792. The van der Waals surface area contributed by atoms with Gasteiger partial charge in [0.1, 0.15) is 17.4 Å². The van der Waals surface area contributed by atoms with Gasteiger partial charge in [0.2, 0.25) is 0 Å². The molecule has 81 heavy (non-hydrogen) atoms. The molecule has 0 amide bonds. The second-order valence-electron chi connectivity index (χ2n) is 26.6. The summed E-state index contributed by atoms with van der Waals surface area (Å²) in [6.45, 7) is 38.0. The minimum Gasteiger partial charge on any atom is -0.507 e. The molecule has 0 fully saturated rings. The summed E-state index contributed by atoms with van der Waals surface area (Å²) in [5.41, 5.74) is 20.0. The van der Waals surface area contributed by atoms with Crippen LogP contribution in [0.2, 0.25) is 0 Å². The van der Waals surface area contributed by atoms with Crippen molar-refractivity contribution in [3.05, 3.63) is 196 Å². The molecule has 0 bridgehead atoms. The summed E-state index contributed by atoms with van der Waals surface area (Å²) in [4.78, 5) is 11.3. The van der Waals surface area contributed by atoms with Crippen molar-refractivity contribution in [2.24, 2.45) is 0 Å². The molecule has 0 saturated heterocycles. The van der Waals surface area contributed by atoms with Crippen LogP contribution in [-0.2, 0) is 37.3 Å². The number of hydrogen-bond acceptors (Lipinski definition) is 3. The van der Waals surface area contributed by atoms with Crippen molar-refractivity contribution in [1.29, 1.82) is 0 Å². The summed E-state index contributed by atoms with van der Waals surface area (Å²) in [5.74, 6) is 1.79. The van der Waals surface area contributed by atoms with E-state index in [-0.39, 0.29) is 72.5 Å². The maximum Gasteiger partial charge on any atom is 0.148 e. The zero-order valence-electron chi connectivity index (χ0n) is 50.6. The first-order valence-corrected chi connectivity index (χ1v) is 28.8. The molecule has 10 rings (SSSR count). The summed E-state index contributed by atoms with van der Waals surface area (Å²) in [6, 6.07) is 54.9. The molecule has 0 aliphatic heterocycles. The first-order chi connectivity index (χ1) is 37.7. The molecule has 2 heterocycles. The Morgan fingerprint density at radius 3 is 1.38 bits per heavy atom. The third kappa shape index (κ3) is 11.2. The van der Waals surface area contributed by atoms with Crippen LogP contribution < -0.4 is 0 Å². The fraction of sp³-hybridized carbons (Fsp3) is 0.324. The fourth-order valence-electron chi connectivity index (χ4n) is 11.5. The third-order valence-corrected chi connectivity index (χ3v) is 16.1. The largest absolute Gasteiger partial charge is 0.507 e. The molecule has 8 aromatic carbocycles. The van der Waals surface area contributed by atoms with Gasteiger partial charge in [0.05, 0.1) is 39.1 Å². The number of imidazole rings is 2. The predicted octanol–water partition coefficient (Wildman–Crippen LogP) is 20.7. The normalized spacial score (nSPS) is 12.5. The number of benzene rings is 8. The SMILES string of the molecule is CC(C)c1cc(-c2ccccc2)cc(C(C)C)c1-n1c(-c2[c-]c(-c3cccc4c3nc(-c3cc(C(C)(C)C)cc(C(C)(C)C)c3O)n4-c3c(C(C)C)cc(-c4ccccc4)cc3C(C)C)cc(C(C)(C)C)c2)nc2ccc(F)cc21.[Pt]. The van der Waals surface area contributed by atoms with E-state index in [1.165, 1.54) is 28.3 Å². The van der Waals surface area contributed by atoms with Crippen LogP contribution in [0.4, 0.5) is 4.39 Å². The van der Waals surface area contributed by atoms with Gasteiger partial charge in [0.15, 0.2) is 0 Å². The second-order valence-corrected chi connectivity index (χ2v) is 26.6. The average molecular weight is 1260 g/mol. The van der Waals surface area contributed by atoms with Gasteiger partial charge in [0, 0.05) is 32.3 Å². The van der Waals surface area contributed by atoms with Crippen LogP contribution >= 0.6 is 0 Å². The monoisotopic (exact) mass is 1250 g/mol. The Hall–Kier alpha value is -6.88. The van der Waals surface area contributed by atoms with Gasteiger partial charge in [-0.3, -0.25) is 9.55 Å². The van der Waals surface area contributed by atoms with Crippen molar-refractivity contribution in [2.45, 2.75) is 158 Å². The fourth-order valence-corrected chi connectivity index (χ4v) is 11.5. The number of nitrogens with zero attached hydrogens (tertiary/aromatic N) is 4. The number of para-hydroxylation sites is 1. The Kier molecular flexibility index (Phi) is 16.0. The van der Waals surface area contributed by atoms with Gasteiger partial charge >= 0.3 is 0 Å². The molecule has 2 aromatic heterocycles. The minimum absolute atomic E-state index is 0. The molecule has 0 saturated carbocycles. The van der Waals surface area contributed by atoms with E-state index in [9.17, 15) is 5.11 Å². The van der Waals surface area contributed by atoms with E-state index in [0.717, 1.165) is 78.0 Å². The van der Waals surface area contributed by atoms with Gasteiger partial charge < -0.3 is 9.67 Å². The van der Waals surface area contributed by atoms with Crippen LogP contribution in [-0.4, -0.2) is 24.2 Å². The van der Waals surface area contributed by atoms with Gasteiger partial charge in [-0.25, -0.2) is 9.37 Å². The van der Waals surface area contributed by atoms with Crippen LogP contribution in [0.1, 0.15) is 180 Å². The smallest absolute Gasteiger partial charge is 0.148 e. The summed E-state index contributed by atoms with van der Waals surface area (Å²) in [6.07, 6.45) is 0. The van der Waals surface area contributed by atoms with Crippen LogP contribution in [0.25, 0.3) is 89.6 Å². The molecule has 0 aliphatic rings. The number of fused-ring (bicyclic) bond motifs is 2. The van der Waals surface area contributed by atoms with Gasteiger partial charge in [-0.15, -0.1) is 29.3 Å². The molecule has 0 radical (unpaired) electrons. The number of aromatic nitrogens is 4. The summed E-state index contributed by atoms with van der Waals surface area (Å²) in [5, 5.41) is 12.9. The van der Waals surface area contributed by atoms with Gasteiger partial charge in [0.25, 0.3) is 0 Å². The molecule has 5 nitrogen and oxygen atoms in total. The van der Waals surface area contributed by atoms with Crippen LogP contribution in [0.5, 0.6) is 5.75 Å². The number of rotatable bonds is 11. The van der Waals surface area contributed by atoms with Crippen LogP contribution in [0, 0.1) is 11.9 Å². The van der Waals surface area contributed by atoms with E-state index in [1.54, 1.807) is 12.1 Å². The maximum absolute atomic E-state index is 15.8. The van der Waals surface area contributed by atoms with E-state index in [4.69, 9.17) is 9.97 Å². The maximum atomic E-state index is 15.8. The van der Waals surface area contributed by atoms with Crippen molar-refractivity contribution in [3.8, 4) is 73.3 Å². The van der Waals surface area contributed by atoms with E-state index >= 15 is 4.39 Å². The average Bonchev–Trinajstić information content (AvgIpc) is 4.23. The minimum atomic E-state index is -0.373. The first-order valence-electron chi connectivity index (χ1n) is 28.8. The first kappa shape index (κ1) is 58.8. The molecule has 1 N–H and O–H groups in total. The molecule has 0 atom stereocenters. The number of hydrogen-bond donors (Lipinski definition) is 1. The quantitative estimate of drug-likeness (QED) is 0.131. The van der Waals surface area contributed by atoms with Crippen molar-refractivity contribution < 1.29 is 30.6 Å². The Morgan fingerprint density at radius 1 is 0.444 bits per heavy atom. The van der Waals surface area contributed by atoms with Crippen molar-refractivity contribution in [3.63, 3.8) is 0 Å². The Bertz CT molecular complexity index is 3910. The summed E-state index contributed by atoms with van der Waals surface area (Å²) < 4.78 is 20.4. The zero-order valence-corrected chi connectivity index (χ0v) is 52.9. The van der Waals surface area contributed by atoms with Gasteiger partial charge in [-0.1, -0.05) is 208 Å². The van der Waals surface area contributed by atoms with Crippen LogP contribution in [0.15, 0.2) is 146 Å². The van der Waals surface area contributed by atoms with E-state index in [2.05, 4.69) is 260 Å². The number of phenolic OH excluding ortho intramolecular Hbond substituents is 1. The third-order valence-electron chi connectivity index (χ3n) is 16.1. The molecule has 10 aromatic rings. The summed E-state index contributed by atoms with van der Waals surface area (Å²) in [7, 11) is 0. The molecule has 420 valence electrons. The number of aromatic hydroxyl groups is 1. The topological polar surface area (TPSA) is 55.9 Å². The Morgan fingerprint density at radius 2 is 0.914 bits per heavy atom. The predicted molar refractivity (Wildman–Crippen MR) is 336 cm³/mol. The van der Waals surface area contributed by atoms with Crippen LogP contribution in [0.3, 0.4) is 0 Å². The van der Waals surface area contributed by atoms with Crippen molar-refractivity contribution in [1.82, 2.24) is 19.1 Å².